The third kappa shape index (κ3) is 2.70. The topological polar surface area (TPSA) is 62.2 Å². The number of thiazole rings is 1. The molecule has 1 heterocycles. The summed E-state index contributed by atoms with van der Waals surface area (Å²) >= 11 is 1.55. The molecule has 1 aromatic heterocycles. The number of aromatic nitrogens is 1. The molecular formula is C19H14N2O2S. The van der Waals surface area contributed by atoms with Gasteiger partial charge in [-0.3, -0.25) is 4.79 Å². The number of carbonyl (C=O) groups excluding carboxylic acids is 1. The number of nitrogens with one attached hydrogen (secondary N) is 1. The highest BCUT2D eigenvalue weighted by Gasteiger charge is 2.13. The number of amides is 1. The zero-order chi connectivity index (χ0) is 16.5. The van der Waals surface area contributed by atoms with Gasteiger partial charge in [0.05, 0.1) is 22.3 Å². The zero-order valence-corrected chi connectivity index (χ0v) is 13.5. The van der Waals surface area contributed by atoms with Crippen LogP contribution in [-0.4, -0.2) is 16.0 Å². The predicted octanol–water partition coefficient (Wildman–Crippen LogP) is 4.09. The fourth-order valence-corrected chi connectivity index (χ4v) is 3.56. The number of benzene rings is 3. The standard InChI is InChI=1S/C19H14N2O2S/c22-16-10-13-6-2-1-5-12(13)9-14(16)19(23)20-11-18-21-15-7-3-4-8-17(15)24-18/h1-10,22H,11H2,(H,20,23). The number of hydrogen-bond donors (Lipinski definition) is 2. The molecule has 0 aliphatic carbocycles. The number of phenolic OH excluding ortho intramolecular Hbond substituents is 1. The highest BCUT2D eigenvalue weighted by molar-refractivity contribution is 7.18. The normalized spacial score (nSPS) is 11.0. The molecule has 0 aliphatic rings. The van der Waals surface area contributed by atoms with Crippen molar-refractivity contribution in [3.8, 4) is 5.75 Å². The minimum atomic E-state index is -0.308. The van der Waals surface area contributed by atoms with E-state index >= 15 is 0 Å². The van der Waals surface area contributed by atoms with Crippen LogP contribution < -0.4 is 5.32 Å². The molecule has 5 heteroatoms. The van der Waals surface area contributed by atoms with Crippen molar-refractivity contribution in [1.82, 2.24) is 10.3 Å². The van der Waals surface area contributed by atoms with Crippen molar-refractivity contribution in [2.45, 2.75) is 6.54 Å². The summed E-state index contributed by atoms with van der Waals surface area (Å²) in [5, 5.41) is 15.6. The zero-order valence-electron chi connectivity index (χ0n) is 12.7. The molecule has 0 saturated heterocycles. The van der Waals surface area contributed by atoms with Crippen LogP contribution in [0.3, 0.4) is 0 Å². The maximum Gasteiger partial charge on any atom is 0.255 e. The molecule has 0 bridgehead atoms. The van der Waals surface area contributed by atoms with E-state index in [-0.39, 0.29) is 17.2 Å². The maximum absolute atomic E-state index is 12.4. The number of para-hydroxylation sites is 1. The molecule has 4 nitrogen and oxygen atoms in total. The fraction of sp³-hybridized carbons (Fsp3) is 0.0526. The molecule has 0 unspecified atom stereocenters. The van der Waals surface area contributed by atoms with Gasteiger partial charge in [-0.15, -0.1) is 11.3 Å². The lowest BCUT2D eigenvalue weighted by atomic mass is 10.1. The van der Waals surface area contributed by atoms with E-state index in [2.05, 4.69) is 10.3 Å². The summed E-state index contributed by atoms with van der Waals surface area (Å²) < 4.78 is 1.09. The van der Waals surface area contributed by atoms with Crippen LogP contribution >= 0.6 is 11.3 Å². The lowest BCUT2D eigenvalue weighted by Gasteiger charge is -2.07. The average Bonchev–Trinajstić information content (AvgIpc) is 3.02. The smallest absolute Gasteiger partial charge is 0.255 e. The Morgan fingerprint density at radius 1 is 1.04 bits per heavy atom. The molecule has 0 aliphatic heterocycles. The quantitative estimate of drug-likeness (QED) is 0.593. The van der Waals surface area contributed by atoms with Gasteiger partial charge in [0.1, 0.15) is 10.8 Å². The molecule has 2 N–H and O–H groups in total. The highest BCUT2D eigenvalue weighted by Crippen LogP contribution is 2.25. The van der Waals surface area contributed by atoms with Crippen molar-refractivity contribution in [2.24, 2.45) is 0 Å². The molecule has 1 amide bonds. The number of rotatable bonds is 3. The Hall–Kier alpha value is -2.92. The van der Waals surface area contributed by atoms with E-state index in [9.17, 15) is 9.90 Å². The Kier molecular flexibility index (Phi) is 3.63. The molecule has 0 radical (unpaired) electrons. The van der Waals surface area contributed by atoms with Crippen LogP contribution in [0.4, 0.5) is 0 Å². The van der Waals surface area contributed by atoms with Gasteiger partial charge < -0.3 is 10.4 Å². The first-order valence-electron chi connectivity index (χ1n) is 7.55. The number of phenols is 1. The first kappa shape index (κ1) is 14.7. The van der Waals surface area contributed by atoms with Crippen molar-refractivity contribution in [3.63, 3.8) is 0 Å². The summed E-state index contributed by atoms with van der Waals surface area (Å²) in [5.74, 6) is -0.326. The third-order valence-corrected chi connectivity index (χ3v) is 4.88. The molecule has 118 valence electrons. The Balaban J connectivity index is 1.56. The van der Waals surface area contributed by atoms with Gasteiger partial charge in [0.25, 0.3) is 5.91 Å². The monoisotopic (exact) mass is 334 g/mol. The van der Waals surface area contributed by atoms with Gasteiger partial charge in [0.15, 0.2) is 0 Å². The van der Waals surface area contributed by atoms with Crippen LogP contribution in [0.15, 0.2) is 60.7 Å². The minimum absolute atomic E-state index is 0.0181. The van der Waals surface area contributed by atoms with Crippen LogP contribution in [-0.2, 0) is 6.54 Å². The summed E-state index contributed by atoms with van der Waals surface area (Å²) in [7, 11) is 0. The van der Waals surface area contributed by atoms with Crippen molar-refractivity contribution >= 4 is 38.2 Å². The minimum Gasteiger partial charge on any atom is -0.507 e. The van der Waals surface area contributed by atoms with E-state index in [1.54, 1.807) is 23.5 Å². The second kappa shape index (κ2) is 5.94. The van der Waals surface area contributed by atoms with E-state index in [0.717, 1.165) is 26.0 Å². The first-order chi connectivity index (χ1) is 11.7. The Morgan fingerprint density at radius 3 is 2.54 bits per heavy atom. The predicted molar refractivity (Wildman–Crippen MR) is 96.4 cm³/mol. The summed E-state index contributed by atoms with van der Waals surface area (Å²) in [6, 6.07) is 18.8. The largest absolute Gasteiger partial charge is 0.507 e. The Bertz CT molecular complexity index is 1020. The molecule has 4 aromatic rings. The highest BCUT2D eigenvalue weighted by atomic mass is 32.1. The summed E-state index contributed by atoms with van der Waals surface area (Å²) in [5.41, 5.74) is 1.20. The molecular weight excluding hydrogens is 320 g/mol. The number of nitrogens with zero attached hydrogens (tertiary/aromatic N) is 1. The number of fused-ring (bicyclic) bond motifs is 2. The summed E-state index contributed by atoms with van der Waals surface area (Å²) in [6.45, 7) is 0.338. The van der Waals surface area contributed by atoms with Gasteiger partial charge in [-0.25, -0.2) is 4.98 Å². The fourth-order valence-electron chi connectivity index (χ4n) is 2.66. The van der Waals surface area contributed by atoms with Crippen LogP contribution in [0.25, 0.3) is 21.0 Å². The van der Waals surface area contributed by atoms with E-state index in [1.807, 2.05) is 48.5 Å². The van der Waals surface area contributed by atoms with Crippen LogP contribution in [0.1, 0.15) is 15.4 Å². The molecule has 4 rings (SSSR count). The van der Waals surface area contributed by atoms with Crippen molar-refractivity contribution in [1.29, 1.82) is 0 Å². The van der Waals surface area contributed by atoms with Gasteiger partial charge in [0.2, 0.25) is 0 Å². The lowest BCUT2D eigenvalue weighted by Crippen LogP contribution is -2.22. The van der Waals surface area contributed by atoms with Gasteiger partial charge in [0, 0.05) is 0 Å². The van der Waals surface area contributed by atoms with E-state index < -0.39 is 0 Å². The SMILES string of the molecule is O=C(NCc1nc2ccccc2s1)c1cc2ccccc2cc1O. The third-order valence-electron chi connectivity index (χ3n) is 3.85. The second-order valence-corrected chi connectivity index (χ2v) is 6.59. The van der Waals surface area contributed by atoms with Crippen molar-refractivity contribution in [2.75, 3.05) is 0 Å². The first-order valence-corrected chi connectivity index (χ1v) is 8.37. The van der Waals surface area contributed by atoms with Gasteiger partial charge in [-0.05, 0) is 35.0 Å². The van der Waals surface area contributed by atoms with E-state index in [4.69, 9.17) is 0 Å². The Labute approximate surface area is 142 Å². The van der Waals surface area contributed by atoms with Crippen molar-refractivity contribution in [3.05, 3.63) is 71.2 Å². The number of hydrogen-bond acceptors (Lipinski definition) is 4. The molecule has 0 atom stereocenters. The lowest BCUT2D eigenvalue weighted by molar-refractivity contribution is 0.0948. The average molecular weight is 334 g/mol. The van der Waals surface area contributed by atoms with Gasteiger partial charge in [-0.2, -0.15) is 0 Å². The Morgan fingerprint density at radius 2 is 1.75 bits per heavy atom. The maximum atomic E-state index is 12.4. The van der Waals surface area contributed by atoms with Crippen LogP contribution in [0.5, 0.6) is 5.75 Å². The number of carbonyl (C=O) groups is 1. The van der Waals surface area contributed by atoms with E-state index in [0.29, 0.717) is 6.54 Å². The second-order valence-electron chi connectivity index (χ2n) is 5.47. The molecule has 0 saturated carbocycles. The molecule has 3 aromatic carbocycles. The molecule has 0 fully saturated rings. The van der Waals surface area contributed by atoms with Gasteiger partial charge in [-0.1, -0.05) is 36.4 Å². The van der Waals surface area contributed by atoms with E-state index in [1.165, 1.54) is 0 Å². The van der Waals surface area contributed by atoms with Crippen molar-refractivity contribution < 1.29 is 9.90 Å². The molecule has 0 spiro atoms. The number of aromatic hydroxyl groups is 1. The summed E-state index contributed by atoms with van der Waals surface area (Å²) in [6.07, 6.45) is 0. The van der Waals surface area contributed by atoms with Crippen LogP contribution in [0.2, 0.25) is 0 Å². The van der Waals surface area contributed by atoms with Crippen LogP contribution in [0, 0.1) is 0 Å². The summed E-state index contributed by atoms with van der Waals surface area (Å²) in [4.78, 5) is 16.9. The molecule has 24 heavy (non-hydrogen) atoms. The van der Waals surface area contributed by atoms with Gasteiger partial charge >= 0.3 is 0 Å².